The quantitative estimate of drug-likeness (QED) is 0.900. The van der Waals surface area contributed by atoms with E-state index in [0.717, 1.165) is 24.9 Å². The molecular formula is C16H19NO3. The number of carbonyl (C=O) groups is 2. The first-order valence-corrected chi connectivity index (χ1v) is 7.30. The van der Waals surface area contributed by atoms with Crippen molar-refractivity contribution in [2.45, 2.75) is 32.1 Å². The Morgan fingerprint density at radius 2 is 1.80 bits per heavy atom. The van der Waals surface area contributed by atoms with Crippen LogP contribution in [0, 0.1) is 11.8 Å². The van der Waals surface area contributed by atoms with Crippen LogP contribution in [-0.4, -0.2) is 23.5 Å². The lowest BCUT2D eigenvalue weighted by molar-refractivity contribution is -0.148. The van der Waals surface area contributed by atoms with E-state index in [4.69, 9.17) is 0 Å². The van der Waals surface area contributed by atoms with Gasteiger partial charge in [-0.3, -0.25) is 9.59 Å². The number of fused-ring (bicyclic) bond motifs is 1. The molecule has 4 nitrogen and oxygen atoms in total. The van der Waals surface area contributed by atoms with E-state index in [0.29, 0.717) is 19.4 Å². The van der Waals surface area contributed by atoms with Gasteiger partial charge in [0.15, 0.2) is 0 Å². The topological polar surface area (TPSA) is 57.6 Å². The number of aliphatic carboxylic acids is 1. The maximum atomic E-state index is 12.7. The number of rotatable bonds is 2. The SMILES string of the molecule is O=C(O)[C@H]1CCCC[C@@H]1C(=O)N1CCc2ccccc21. The van der Waals surface area contributed by atoms with E-state index in [-0.39, 0.29) is 11.8 Å². The highest BCUT2D eigenvalue weighted by Crippen LogP contribution is 2.35. The summed E-state index contributed by atoms with van der Waals surface area (Å²) >= 11 is 0. The monoisotopic (exact) mass is 273 g/mol. The van der Waals surface area contributed by atoms with Gasteiger partial charge in [0, 0.05) is 12.2 Å². The van der Waals surface area contributed by atoms with Gasteiger partial charge in [-0.2, -0.15) is 0 Å². The molecule has 4 heteroatoms. The molecule has 1 aliphatic heterocycles. The molecule has 0 bridgehead atoms. The van der Waals surface area contributed by atoms with Gasteiger partial charge in [-0.05, 0) is 30.9 Å². The molecule has 2 aliphatic rings. The molecule has 1 saturated carbocycles. The number of carboxylic acids is 1. The number of carboxylic acid groups (broad SMARTS) is 1. The Kier molecular flexibility index (Phi) is 3.47. The Bertz CT molecular complexity index is 540. The average Bonchev–Trinajstić information content (AvgIpc) is 2.90. The van der Waals surface area contributed by atoms with Crippen LogP contribution in [0.3, 0.4) is 0 Å². The molecule has 1 aromatic carbocycles. The van der Waals surface area contributed by atoms with Gasteiger partial charge in [0.2, 0.25) is 5.91 Å². The van der Waals surface area contributed by atoms with Crippen LogP contribution in [0.2, 0.25) is 0 Å². The second-order valence-corrected chi connectivity index (χ2v) is 5.70. The Morgan fingerprint density at radius 3 is 2.55 bits per heavy atom. The van der Waals surface area contributed by atoms with Crippen LogP contribution in [-0.2, 0) is 16.0 Å². The molecule has 1 fully saturated rings. The fraction of sp³-hybridized carbons (Fsp3) is 0.500. The van der Waals surface area contributed by atoms with Crippen molar-refractivity contribution in [2.75, 3.05) is 11.4 Å². The van der Waals surface area contributed by atoms with E-state index in [1.807, 2.05) is 24.3 Å². The third-order valence-electron chi connectivity index (χ3n) is 4.55. The van der Waals surface area contributed by atoms with Crippen molar-refractivity contribution in [3.05, 3.63) is 29.8 Å². The van der Waals surface area contributed by atoms with Crippen molar-refractivity contribution in [2.24, 2.45) is 11.8 Å². The van der Waals surface area contributed by atoms with Crippen molar-refractivity contribution in [1.29, 1.82) is 0 Å². The second-order valence-electron chi connectivity index (χ2n) is 5.70. The largest absolute Gasteiger partial charge is 0.481 e. The third kappa shape index (κ3) is 2.19. The zero-order chi connectivity index (χ0) is 14.1. The standard InChI is InChI=1S/C16H19NO3/c18-15(12-6-2-3-7-13(12)16(19)20)17-10-9-11-5-1-4-8-14(11)17/h1,4-5,8,12-13H,2-3,6-7,9-10H2,(H,19,20)/t12-,13-/m0/s1. The van der Waals surface area contributed by atoms with Gasteiger partial charge in [0.1, 0.15) is 0 Å². The van der Waals surface area contributed by atoms with Gasteiger partial charge in [-0.25, -0.2) is 0 Å². The Hall–Kier alpha value is -1.84. The normalized spacial score (nSPS) is 25.3. The lowest BCUT2D eigenvalue weighted by Gasteiger charge is -2.31. The summed E-state index contributed by atoms with van der Waals surface area (Å²) in [4.78, 5) is 25.9. The summed E-state index contributed by atoms with van der Waals surface area (Å²) in [6.45, 7) is 0.682. The van der Waals surface area contributed by atoms with Crippen LogP contribution in [0.1, 0.15) is 31.2 Å². The van der Waals surface area contributed by atoms with Gasteiger partial charge in [-0.1, -0.05) is 31.0 Å². The van der Waals surface area contributed by atoms with Crippen LogP contribution in [0.5, 0.6) is 0 Å². The maximum absolute atomic E-state index is 12.7. The van der Waals surface area contributed by atoms with Gasteiger partial charge in [0.05, 0.1) is 11.8 Å². The van der Waals surface area contributed by atoms with Crippen molar-refractivity contribution < 1.29 is 14.7 Å². The molecule has 20 heavy (non-hydrogen) atoms. The molecule has 0 unspecified atom stereocenters. The number of anilines is 1. The van der Waals surface area contributed by atoms with E-state index >= 15 is 0 Å². The highest BCUT2D eigenvalue weighted by molar-refractivity contribution is 5.99. The third-order valence-corrected chi connectivity index (χ3v) is 4.55. The minimum Gasteiger partial charge on any atom is -0.481 e. The van der Waals surface area contributed by atoms with Gasteiger partial charge >= 0.3 is 5.97 Å². The molecule has 1 aromatic rings. The van der Waals surface area contributed by atoms with Gasteiger partial charge < -0.3 is 10.0 Å². The van der Waals surface area contributed by atoms with E-state index < -0.39 is 11.9 Å². The van der Waals surface area contributed by atoms with Gasteiger partial charge in [-0.15, -0.1) is 0 Å². The van der Waals surface area contributed by atoms with Gasteiger partial charge in [0.25, 0.3) is 0 Å². The van der Waals surface area contributed by atoms with E-state index in [9.17, 15) is 14.7 Å². The minimum atomic E-state index is -0.824. The molecule has 0 radical (unpaired) electrons. The number of benzene rings is 1. The number of para-hydroxylation sites is 1. The predicted octanol–water partition coefficient (Wildman–Crippen LogP) is 2.47. The van der Waals surface area contributed by atoms with Crippen LogP contribution < -0.4 is 4.90 Å². The fourth-order valence-corrected chi connectivity index (χ4v) is 3.49. The molecule has 1 aliphatic carbocycles. The van der Waals surface area contributed by atoms with Crippen LogP contribution >= 0.6 is 0 Å². The summed E-state index contributed by atoms with van der Waals surface area (Å²) < 4.78 is 0. The van der Waals surface area contributed by atoms with E-state index in [1.54, 1.807) is 4.90 Å². The Labute approximate surface area is 118 Å². The first-order valence-electron chi connectivity index (χ1n) is 7.30. The number of hydrogen-bond donors (Lipinski definition) is 1. The molecule has 0 aromatic heterocycles. The summed E-state index contributed by atoms with van der Waals surface area (Å²) in [6.07, 6.45) is 4.06. The van der Waals surface area contributed by atoms with Crippen molar-refractivity contribution in [1.82, 2.24) is 0 Å². The highest BCUT2D eigenvalue weighted by Gasteiger charge is 2.39. The molecule has 0 saturated heterocycles. The lowest BCUT2D eigenvalue weighted by atomic mass is 9.78. The summed E-state index contributed by atoms with van der Waals surface area (Å²) in [5.74, 6) is -1.69. The van der Waals surface area contributed by atoms with Crippen molar-refractivity contribution in [3.63, 3.8) is 0 Å². The number of nitrogens with zero attached hydrogens (tertiary/aromatic N) is 1. The summed E-state index contributed by atoms with van der Waals surface area (Å²) in [5.41, 5.74) is 2.15. The first kappa shape index (κ1) is 13.2. The predicted molar refractivity (Wildman–Crippen MR) is 75.6 cm³/mol. The Morgan fingerprint density at radius 1 is 1.10 bits per heavy atom. The minimum absolute atomic E-state index is 0.00190. The Balaban J connectivity index is 1.84. The first-order chi connectivity index (χ1) is 9.68. The zero-order valence-corrected chi connectivity index (χ0v) is 11.4. The molecule has 1 N–H and O–H groups in total. The molecule has 1 heterocycles. The zero-order valence-electron chi connectivity index (χ0n) is 11.4. The summed E-state index contributed by atoms with van der Waals surface area (Å²) in [6, 6.07) is 7.91. The molecule has 2 atom stereocenters. The fourth-order valence-electron chi connectivity index (χ4n) is 3.49. The number of carbonyl (C=O) groups excluding carboxylic acids is 1. The smallest absolute Gasteiger partial charge is 0.307 e. The second kappa shape index (κ2) is 5.27. The molecule has 3 rings (SSSR count). The lowest BCUT2D eigenvalue weighted by Crippen LogP contribution is -2.42. The van der Waals surface area contributed by atoms with Crippen molar-refractivity contribution in [3.8, 4) is 0 Å². The molecular weight excluding hydrogens is 254 g/mol. The van der Waals surface area contributed by atoms with Crippen LogP contribution in [0.4, 0.5) is 5.69 Å². The van der Waals surface area contributed by atoms with Crippen molar-refractivity contribution >= 4 is 17.6 Å². The highest BCUT2D eigenvalue weighted by atomic mass is 16.4. The van der Waals surface area contributed by atoms with Crippen LogP contribution in [0.25, 0.3) is 0 Å². The summed E-state index contributed by atoms with van der Waals surface area (Å²) in [5, 5.41) is 9.32. The molecule has 106 valence electrons. The average molecular weight is 273 g/mol. The van der Waals surface area contributed by atoms with E-state index in [1.165, 1.54) is 5.56 Å². The number of amides is 1. The number of hydrogen-bond acceptors (Lipinski definition) is 2. The summed E-state index contributed by atoms with van der Waals surface area (Å²) in [7, 11) is 0. The van der Waals surface area contributed by atoms with E-state index in [2.05, 4.69) is 0 Å². The molecule has 1 amide bonds. The van der Waals surface area contributed by atoms with Crippen LogP contribution in [0.15, 0.2) is 24.3 Å². The molecule has 0 spiro atoms. The maximum Gasteiger partial charge on any atom is 0.307 e.